The van der Waals surface area contributed by atoms with E-state index in [-0.39, 0.29) is 36.1 Å². The van der Waals surface area contributed by atoms with E-state index in [1.54, 1.807) is 0 Å². The van der Waals surface area contributed by atoms with Crippen LogP contribution < -0.4 is 5.32 Å². The lowest BCUT2D eigenvalue weighted by Crippen LogP contribution is -2.24. The fourth-order valence-electron chi connectivity index (χ4n) is 2.75. The highest BCUT2D eigenvalue weighted by molar-refractivity contribution is 6.04. The molecule has 1 unspecified atom stereocenters. The van der Waals surface area contributed by atoms with Gasteiger partial charge in [0.25, 0.3) is 12.3 Å². The van der Waals surface area contributed by atoms with Gasteiger partial charge in [0.15, 0.2) is 5.82 Å². The maximum atomic E-state index is 13.3. The summed E-state index contributed by atoms with van der Waals surface area (Å²) in [5.41, 5.74) is -1.08. The number of amides is 1. The van der Waals surface area contributed by atoms with Crippen molar-refractivity contribution in [2.45, 2.75) is 32.1 Å². The molecule has 32 heavy (non-hydrogen) atoms. The van der Waals surface area contributed by atoms with Gasteiger partial charge in [-0.05, 0) is 19.1 Å². The number of rotatable bonds is 8. The number of nitrogens with zero attached hydrogens (tertiary/aromatic N) is 6. The molecule has 0 saturated carbocycles. The van der Waals surface area contributed by atoms with E-state index in [4.69, 9.17) is 4.74 Å². The van der Waals surface area contributed by atoms with Gasteiger partial charge in [0.2, 0.25) is 0 Å². The number of hydrogen-bond donors (Lipinski definition) is 1. The first kappa shape index (κ1) is 23.2. The summed E-state index contributed by atoms with van der Waals surface area (Å²) < 4.78 is 72.7. The molecule has 0 saturated heterocycles. The molecule has 1 amide bonds. The van der Waals surface area contributed by atoms with Gasteiger partial charge in [-0.1, -0.05) is 6.07 Å². The number of carbonyl (C=O) groups excluding carboxylic acids is 1. The van der Waals surface area contributed by atoms with Gasteiger partial charge in [0.1, 0.15) is 29.6 Å². The quantitative estimate of drug-likeness (QED) is 0.518. The SMILES string of the molecule is COCCn1cc(C(=O)Nc2cccc(-c3nncn3C(C)C(F)(F)F)n2)c(C(F)F)n1. The molecule has 0 aliphatic carbocycles. The van der Waals surface area contributed by atoms with Crippen LogP contribution in [0.25, 0.3) is 11.5 Å². The summed E-state index contributed by atoms with van der Waals surface area (Å²) in [5.74, 6) is -1.16. The lowest BCUT2D eigenvalue weighted by molar-refractivity contribution is -0.162. The van der Waals surface area contributed by atoms with E-state index in [0.29, 0.717) is 0 Å². The summed E-state index contributed by atoms with van der Waals surface area (Å²) in [4.78, 5) is 16.7. The highest BCUT2D eigenvalue weighted by Gasteiger charge is 2.38. The van der Waals surface area contributed by atoms with Crippen LogP contribution in [0.1, 0.15) is 35.4 Å². The average Bonchev–Trinajstić information content (AvgIpc) is 3.38. The zero-order valence-electron chi connectivity index (χ0n) is 16.8. The van der Waals surface area contributed by atoms with Crippen molar-refractivity contribution in [2.24, 2.45) is 0 Å². The van der Waals surface area contributed by atoms with Crippen LogP contribution >= 0.6 is 0 Å². The first-order valence-corrected chi connectivity index (χ1v) is 9.21. The monoisotopic (exact) mass is 459 g/mol. The normalized spacial score (nSPS) is 12.9. The summed E-state index contributed by atoms with van der Waals surface area (Å²) >= 11 is 0. The topological polar surface area (TPSA) is 99.8 Å². The van der Waals surface area contributed by atoms with E-state index in [1.165, 1.54) is 25.3 Å². The van der Waals surface area contributed by atoms with Crippen LogP contribution in [0, 0.1) is 0 Å². The molecule has 0 fully saturated rings. The molecule has 0 aromatic carbocycles. The minimum absolute atomic E-state index is 0.00118. The molecule has 0 aliphatic rings. The molecule has 3 rings (SSSR count). The molecule has 0 spiro atoms. The molecule has 1 atom stereocenters. The maximum Gasteiger partial charge on any atom is 0.408 e. The van der Waals surface area contributed by atoms with Gasteiger partial charge in [0.05, 0.1) is 18.7 Å². The lowest BCUT2D eigenvalue weighted by atomic mass is 10.2. The van der Waals surface area contributed by atoms with Crippen LogP contribution in [0.2, 0.25) is 0 Å². The van der Waals surface area contributed by atoms with Gasteiger partial charge in [-0.25, -0.2) is 13.8 Å². The van der Waals surface area contributed by atoms with Gasteiger partial charge in [-0.15, -0.1) is 10.2 Å². The molecule has 0 bridgehead atoms. The number of alkyl halides is 5. The van der Waals surface area contributed by atoms with Crippen LogP contribution in [-0.2, 0) is 11.3 Å². The number of methoxy groups -OCH3 is 1. The second-order valence-electron chi connectivity index (χ2n) is 6.63. The molecule has 172 valence electrons. The minimum atomic E-state index is -4.54. The van der Waals surface area contributed by atoms with E-state index in [0.717, 1.165) is 28.7 Å². The van der Waals surface area contributed by atoms with Crippen molar-refractivity contribution in [2.75, 3.05) is 19.0 Å². The molecule has 0 radical (unpaired) electrons. The summed E-state index contributed by atoms with van der Waals surface area (Å²) in [6, 6.07) is 2.24. The van der Waals surface area contributed by atoms with E-state index in [1.807, 2.05) is 0 Å². The van der Waals surface area contributed by atoms with Gasteiger partial charge >= 0.3 is 6.18 Å². The molecular formula is C18H18F5N7O2. The Labute approximate surface area is 178 Å². The average molecular weight is 459 g/mol. The molecule has 0 aliphatic heterocycles. The summed E-state index contributed by atoms with van der Waals surface area (Å²) in [6.45, 7) is 1.29. The third kappa shape index (κ3) is 5.07. The fraction of sp³-hybridized carbons (Fsp3) is 0.389. The number of hydrogen-bond acceptors (Lipinski definition) is 6. The van der Waals surface area contributed by atoms with E-state index in [2.05, 4.69) is 25.6 Å². The zero-order valence-corrected chi connectivity index (χ0v) is 16.8. The number of halogens is 5. The van der Waals surface area contributed by atoms with Crippen molar-refractivity contribution in [3.63, 3.8) is 0 Å². The molecule has 14 heteroatoms. The number of nitrogens with one attached hydrogen (secondary N) is 1. The number of pyridine rings is 1. The Kier molecular flexibility index (Phi) is 6.81. The summed E-state index contributed by atoms with van der Waals surface area (Å²) in [7, 11) is 1.43. The predicted molar refractivity (Wildman–Crippen MR) is 101 cm³/mol. The predicted octanol–water partition coefficient (Wildman–Crippen LogP) is 3.50. The fourth-order valence-corrected chi connectivity index (χ4v) is 2.75. The van der Waals surface area contributed by atoms with Crippen molar-refractivity contribution in [3.05, 3.63) is 42.0 Å². The number of carbonyl (C=O) groups is 1. The Morgan fingerprint density at radius 1 is 1.28 bits per heavy atom. The molecule has 9 nitrogen and oxygen atoms in total. The van der Waals surface area contributed by atoms with Crippen LogP contribution in [0.3, 0.4) is 0 Å². The maximum absolute atomic E-state index is 13.3. The Morgan fingerprint density at radius 3 is 2.69 bits per heavy atom. The number of anilines is 1. The minimum Gasteiger partial charge on any atom is -0.383 e. The molecule has 3 aromatic rings. The van der Waals surface area contributed by atoms with Gasteiger partial charge in [0, 0.05) is 13.3 Å². The van der Waals surface area contributed by atoms with Crippen molar-refractivity contribution in [1.29, 1.82) is 0 Å². The van der Waals surface area contributed by atoms with E-state index in [9.17, 15) is 26.7 Å². The first-order chi connectivity index (χ1) is 15.1. The van der Waals surface area contributed by atoms with Crippen molar-refractivity contribution in [3.8, 4) is 11.5 Å². The molecule has 3 heterocycles. The Morgan fingerprint density at radius 2 is 2.03 bits per heavy atom. The van der Waals surface area contributed by atoms with Crippen molar-refractivity contribution < 1.29 is 31.5 Å². The highest BCUT2D eigenvalue weighted by Crippen LogP contribution is 2.32. The third-order valence-corrected chi connectivity index (χ3v) is 4.45. The number of ether oxygens (including phenoxy) is 1. The Hall–Kier alpha value is -3.42. The van der Waals surface area contributed by atoms with E-state index >= 15 is 0 Å². The first-order valence-electron chi connectivity index (χ1n) is 9.21. The van der Waals surface area contributed by atoms with Crippen molar-refractivity contribution in [1.82, 2.24) is 29.5 Å². The van der Waals surface area contributed by atoms with Crippen LogP contribution in [0.5, 0.6) is 0 Å². The van der Waals surface area contributed by atoms with Gasteiger partial charge in [-0.3, -0.25) is 9.48 Å². The largest absolute Gasteiger partial charge is 0.408 e. The van der Waals surface area contributed by atoms with Crippen LogP contribution in [-0.4, -0.2) is 55.3 Å². The van der Waals surface area contributed by atoms with E-state index < -0.39 is 30.2 Å². The Bertz CT molecular complexity index is 1080. The highest BCUT2D eigenvalue weighted by atomic mass is 19.4. The summed E-state index contributed by atoms with van der Waals surface area (Å²) in [5, 5.41) is 13.2. The second-order valence-corrected chi connectivity index (χ2v) is 6.63. The van der Waals surface area contributed by atoms with Crippen LogP contribution in [0.15, 0.2) is 30.7 Å². The summed E-state index contributed by atoms with van der Waals surface area (Å²) in [6.07, 6.45) is -5.47. The second kappa shape index (κ2) is 9.38. The standard InChI is InChI=1S/C18H18F5N7O2/c1-10(18(21,22)23)30-9-24-27-16(30)12-4-3-5-13(25-12)26-17(31)11-8-29(6-7-32-2)28-14(11)15(19)20/h3-5,8-10,15H,6-7H2,1-2H3,(H,25,26,31). The zero-order chi connectivity index (χ0) is 23.5. The Balaban J connectivity index is 1.86. The van der Waals surface area contributed by atoms with Crippen LogP contribution in [0.4, 0.5) is 27.8 Å². The lowest BCUT2D eigenvalue weighted by Gasteiger charge is -2.18. The number of aromatic nitrogens is 6. The van der Waals surface area contributed by atoms with Crippen molar-refractivity contribution >= 4 is 11.7 Å². The van der Waals surface area contributed by atoms with Gasteiger partial charge < -0.3 is 14.6 Å². The molecular weight excluding hydrogens is 441 g/mol. The molecule has 1 N–H and O–H groups in total. The van der Waals surface area contributed by atoms with Gasteiger partial charge in [-0.2, -0.15) is 18.3 Å². The molecule has 3 aromatic heterocycles. The third-order valence-electron chi connectivity index (χ3n) is 4.45. The smallest absolute Gasteiger partial charge is 0.383 e.